The number of piperidine rings is 1. The molecule has 2 aliphatic heterocycles. The molecule has 0 bridgehead atoms. The van der Waals surface area contributed by atoms with Gasteiger partial charge in [0.05, 0.1) is 0 Å². The van der Waals surface area contributed by atoms with Gasteiger partial charge in [0.15, 0.2) is 5.60 Å². The molecule has 0 aliphatic carbocycles. The third-order valence-corrected chi connectivity index (χ3v) is 4.40. The van der Waals surface area contributed by atoms with Crippen LogP contribution in [-0.4, -0.2) is 52.6 Å². The van der Waals surface area contributed by atoms with Gasteiger partial charge in [-0.3, -0.25) is 9.69 Å². The lowest BCUT2D eigenvalue weighted by molar-refractivity contribution is -0.159. The molecule has 1 saturated heterocycles. The second kappa shape index (κ2) is 6.18. The lowest BCUT2D eigenvalue weighted by atomic mass is 9.90. The number of benzene rings is 1. The molecule has 1 amide bonds. The van der Waals surface area contributed by atoms with Gasteiger partial charge in [-0.2, -0.15) is 0 Å². The highest BCUT2D eigenvalue weighted by Gasteiger charge is 2.43. The Labute approximate surface area is 129 Å². The summed E-state index contributed by atoms with van der Waals surface area (Å²) in [5, 5.41) is 10.8. The summed E-state index contributed by atoms with van der Waals surface area (Å²) >= 11 is 0. The fourth-order valence-corrected chi connectivity index (χ4v) is 3.22. The fraction of sp³-hybridized carbons (Fsp3) is 0.471. The molecule has 22 heavy (non-hydrogen) atoms. The van der Waals surface area contributed by atoms with Gasteiger partial charge in [-0.05, 0) is 18.9 Å². The van der Waals surface area contributed by atoms with E-state index in [0.29, 0.717) is 25.1 Å². The van der Waals surface area contributed by atoms with E-state index in [1.807, 2.05) is 17.1 Å². The van der Waals surface area contributed by atoms with Crippen LogP contribution in [0.3, 0.4) is 0 Å². The zero-order valence-electron chi connectivity index (χ0n) is 12.5. The van der Waals surface area contributed by atoms with Crippen molar-refractivity contribution in [3.05, 3.63) is 47.8 Å². The SMILES string of the molecule is O=C1N(Cc2ccccc2F)CCCC1(O)CN1CC=CC1. The van der Waals surface area contributed by atoms with Gasteiger partial charge in [0.2, 0.25) is 0 Å². The van der Waals surface area contributed by atoms with Gasteiger partial charge in [-0.25, -0.2) is 4.39 Å². The summed E-state index contributed by atoms with van der Waals surface area (Å²) in [6.07, 6.45) is 5.27. The average Bonchev–Trinajstić information content (AvgIpc) is 2.99. The number of likely N-dealkylation sites (tertiary alicyclic amines) is 1. The summed E-state index contributed by atoms with van der Waals surface area (Å²) in [5.74, 6) is -0.595. The molecule has 5 heteroatoms. The lowest BCUT2D eigenvalue weighted by Crippen LogP contribution is -2.58. The quantitative estimate of drug-likeness (QED) is 0.859. The number of nitrogens with zero attached hydrogens (tertiary/aromatic N) is 2. The minimum atomic E-state index is -1.35. The van der Waals surface area contributed by atoms with Crippen LogP contribution in [0.1, 0.15) is 18.4 Å². The van der Waals surface area contributed by atoms with Gasteiger partial charge < -0.3 is 10.0 Å². The van der Waals surface area contributed by atoms with E-state index in [-0.39, 0.29) is 18.3 Å². The number of carbonyl (C=O) groups is 1. The van der Waals surface area contributed by atoms with Gasteiger partial charge in [0.25, 0.3) is 5.91 Å². The highest BCUT2D eigenvalue weighted by Crippen LogP contribution is 2.26. The molecule has 1 aromatic carbocycles. The van der Waals surface area contributed by atoms with Crippen molar-refractivity contribution in [2.45, 2.75) is 25.0 Å². The van der Waals surface area contributed by atoms with Gasteiger partial charge in [-0.15, -0.1) is 0 Å². The van der Waals surface area contributed by atoms with Crippen LogP contribution in [0.25, 0.3) is 0 Å². The summed E-state index contributed by atoms with van der Waals surface area (Å²) in [6.45, 7) is 2.65. The van der Waals surface area contributed by atoms with Gasteiger partial charge in [0, 0.05) is 38.3 Å². The Morgan fingerprint density at radius 3 is 2.68 bits per heavy atom. The largest absolute Gasteiger partial charge is 0.379 e. The number of rotatable bonds is 4. The minimum Gasteiger partial charge on any atom is -0.379 e. The summed E-state index contributed by atoms with van der Waals surface area (Å²) in [4.78, 5) is 16.3. The first-order valence-corrected chi connectivity index (χ1v) is 7.71. The Bertz CT molecular complexity index is 582. The van der Waals surface area contributed by atoms with Crippen molar-refractivity contribution in [2.24, 2.45) is 0 Å². The van der Waals surface area contributed by atoms with Gasteiger partial charge in [-0.1, -0.05) is 30.4 Å². The molecule has 1 unspecified atom stereocenters. The lowest BCUT2D eigenvalue weighted by Gasteiger charge is -2.40. The molecule has 1 N–H and O–H groups in total. The van der Waals surface area contributed by atoms with Crippen LogP contribution in [-0.2, 0) is 11.3 Å². The second-order valence-corrected chi connectivity index (χ2v) is 6.12. The standard InChI is InChI=1S/C17H21FN2O2/c18-15-7-2-1-6-14(15)12-20-11-5-8-17(22,16(20)21)13-19-9-3-4-10-19/h1-4,6-7,22H,5,8-13H2. The van der Waals surface area contributed by atoms with Crippen molar-refractivity contribution >= 4 is 5.91 Å². The Balaban J connectivity index is 1.70. The van der Waals surface area contributed by atoms with E-state index in [4.69, 9.17) is 0 Å². The Kier molecular flexibility index (Phi) is 4.27. The number of hydrogen-bond acceptors (Lipinski definition) is 3. The first-order chi connectivity index (χ1) is 10.6. The van der Waals surface area contributed by atoms with E-state index in [1.165, 1.54) is 6.07 Å². The minimum absolute atomic E-state index is 0.214. The molecule has 2 heterocycles. The predicted octanol–water partition coefficient (Wildman–Crippen LogP) is 1.55. The zero-order valence-corrected chi connectivity index (χ0v) is 12.5. The normalized spacial score (nSPS) is 25.9. The number of hydrogen-bond donors (Lipinski definition) is 1. The van der Waals surface area contributed by atoms with E-state index in [1.54, 1.807) is 23.1 Å². The highest BCUT2D eigenvalue weighted by atomic mass is 19.1. The first-order valence-electron chi connectivity index (χ1n) is 7.71. The smallest absolute Gasteiger partial charge is 0.256 e. The van der Waals surface area contributed by atoms with Crippen LogP contribution < -0.4 is 0 Å². The maximum absolute atomic E-state index is 13.8. The molecule has 4 nitrogen and oxygen atoms in total. The summed E-state index contributed by atoms with van der Waals surface area (Å²) < 4.78 is 13.8. The molecular formula is C17H21FN2O2. The Morgan fingerprint density at radius 2 is 1.95 bits per heavy atom. The van der Waals surface area contributed by atoms with Crippen molar-refractivity contribution in [2.75, 3.05) is 26.2 Å². The van der Waals surface area contributed by atoms with Crippen LogP contribution in [0.15, 0.2) is 36.4 Å². The molecule has 1 aromatic rings. The molecule has 2 aliphatic rings. The molecule has 118 valence electrons. The van der Waals surface area contributed by atoms with Crippen LogP contribution in [0.5, 0.6) is 0 Å². The van der Waals surface area contributed by atoms with E-state index < -0.39 is 5.60 Å². The van der Waals surface area contributed by atoms with E-state index in [9.17, 15) is 14.3 Å². The number of β-amino-alcohol motifs (C(OH)–C–C–N with tert-alkyl or cyclic N) is 1. The summed E-state index contributed by atoms with van der Waals surface area (Å²) in [6, 6.07) is 6.47. The fourth-order valence-electron chi connectivity index (χ4n) is 3.22. The first kappa shape index (κ1) is 15.2. The van der Waals surface area contributed by atoms with Crippen LogP contribution in [0, 0.1) is 5.82 Å². The molecule has 3 rings (SSSR count). The zero-order chi connectivity index (χ0) is 15.6. The van der Waals surface area contributed by atoms with Crippen molar-refractivity contribution in [1.82, 2.24) is 9.80 Å². The molecular weight excluding hydrogens is 283 g/mol. The summed E-state index contributed by atoms with van der Waals surface area (Å²) in [5.41, 5.74) is -0.863. The number of carbonyl (C=O) groups excluding carboxylic acids is 1. The molecule has 0 aromatic heterocycles. The van der Waals surface area contributed by atoms with E-state index >= 15 is 0 Å². The number of halogens is 1. The van der Waals surface area contributed by atoms with Crippen molar-refractivity contribution < 1.29 is 14.3 Å². The third-order valence-electron chi connectivity index (χ3n) is 4.40. The van der Waals surface area contributed by atoms with Crippen LogP contribution in [0.2, 0.25) is 0 Å². The van der Waals surface area contributed by atoms with Gasteiger partial charge in [0.1, 0.15) is 5.82 Å². The number of amides is 1. The Hall–Kier alpha value is -1.72. The maximum Gasteiger partial charge on any atom is 0.256 e. The van der Waals surface area contributed by atoms with E-state index in [0.717, 1.165) is 19.5 Å². The molecule has 0 radical (unpaired) electrons. The second-order valence-electron chi connectivity index (χ2n) is 6.12. The van der Waals surface area contributed by atoms with Crippen molar-refractivity contribution in [3.8, 4) is 0 Å². The topological polar surface area (TPSA) is 43.8 Å². The van der Waals surface area contributed by atoms with Crippen LogP contribution >= 0.6 is 0 Å². The van der Waals surface area contributed by atoms with E-state index in [2.05, 4.69) is 0 Å². The molecule has 1 atom stereocenters. The van der Waals surface area contributed by atoms with Crippen molar-refractivity contribution in [3.63, 3.8) is 0 Å². The highest BCUT2D eigenvalue weighted by molar-refractivity contribution is 5.86. The maximum atomic E-state index is 13.8. The van der Waals surface area contributed by atoms with Crippen molar-refractivity contribution in [1.29, 1.82) is 0 Å². The molecule has 1 fully saturated rings. The van der Waals surface area contributed by atoms with Gasteiger partial charge >= 0.3 is 0 Å². The molecule has 0 saturated carbocycles. The average molecular weight is 304 g/mol. The summed E-state index contributed by atoms with van der Waals surface area (Å²) in [7, 11) is 0. The number of aliphatic hydroxyl groups is 1. The predicted molar refractivity (Wildman–Crippen MR) is 81.6 cm³/mol. The Morgan fingerprint density at radius 1 is 1.23 bits per heavy atom. The third kappa shape index (κ3) is 3.05. The van der Waals surface area contributed by atoms with Crippen LogP contribution in [0.4, 0.5) is 4.39 Å². The molecule has 0 spiro atoms. The monoisotopic (exact) mass is 304 g/mol.